The summed E-state index contributed by atoms with van der Waals surface area (Å²) in [4.78, 5) is 0. The Bertz CT molecular complexity index is 419. The zero-order valence-corrected chi connectivity index (χ0v) is 8.54. The van der Waals surface area contributed by atoms with E-state index in [2.05, 4.69) is 0 Å². The number of rotatable bonds is 5. The SMILES string of the molecule is O=[SH](=O)NS(=O)(=O)C(F)(F)C(F)(F)C(F)F. The van der Waals surface area contributed by atoms with Gasteiger partial charge in [-0.1, -0.05) is 0 Å². The van der Waals surface area contributed by atoms with Crippen LogP contribution < -0.4 is 4.13 Å². The Kier molecular flexibility index (Phi) is 4.21. The number of hydrogen-bond donors (Lipinski definition) is 2. The average molecular weight is 295 g/mol. The Morgan fingerprint density at radius 2 is 1.44 bits per heavy atom. The van der Waals surface area contributed by atoms with Crippen LogP contribution in [-0.2, 0) is 20.9 Å². The first-order valence-electron chi connectivity index (χ1n) is 3.06. The molecule has 0 aromatic carbocycles. The summed E-state index contributed by atoms with van der Waals surface area (Å²) in [5.74, 6) is -6.22. The Hall–Kier alpha value is -0.560. The second-order valence-electron chi connectivity index (χ2n) is 2.29. The Labute approximate surface area is 86.6 Å². The normalized spacial score (nSPS) is 14.8. The van der Waals surface area contributed by atoms with E-state index in [-0.39, 0.29) is 4.13 Å². The second-order valence-corrected chi connectivity index (χ2v) is 5.06. The third-order valence-corrected chi connectivity index (χ3v) is 3.70. The third kappa shape index (κ3) is 2.57. The summed E-state index contributed by atoms with van der Waals surface area (Å²) in [6.45, 7) is 0. The highest BCUT2D eigenvalue weighted by Gasteiger charge is 2.71. The number of thiol groups is 1. The van der Waals surface area contributed by atoms with Gasteiger partial charge in [0.05, 0.1) is 0 Å². The van der Waals surface area contributed by atoms with Gasteiger partial charge in [-0.05, 0) is 0 Å². The van der Waals surface area contributed by atoms with Gasteiger partial charge in [-0.25, -0.2) is 25.6 Å². The van der Waals surface area contributed by atoms with Crippen molar-refractivity contribution in [2.75, 3.05) is 0 Å². The molecule has 0 aliphatic rings. The number of sulfonamides is 1. The van der Waals surface area contributed by atoms with Crippen LogP contribution in [0.3, 0.4) is 0 Å². The van der Waals surface area contributed by atoms with Crippen molar-refractivity contribution in [1.82, 2.24) is 4.13 Å². The van der Waals surface area contributed by atoms with Gasteiger partial charge in [0.1, 0.15) is 0 Å². The molecule has 0 rings (SSSR count). The summed E-state index contributed by atoms with van der Waals surface area (Å²) in [5.41, 5.74) is 0. The van der Waals surface area contributed by atoms with E-state index in [9.17, 15) is 43.2 Å². The monoisotopic (exact) mass is 295 g/mol. The van der Waals surface area contributed by atoms with E-state index in [1.807, 2.05) is 0 Å². The van der Waals surface area contributed by atoms with Gasteiger partial charge < -0.3 is 0 Å². The van der Waals surface area contributed by atoms with Gasteiger partial charge in [0.15, 0.2) is 0 Å². The molecule has 0 aromatic rings. The highest BCUT2D eigenvalue weighted by Crippen LogP contribution is 2.42. The molecular formula is C3H3F6NO4S2. The fourth-order valence-corrected chi connectivity index (χ4v) is 2.15. The molecule has 0 unspecified atom stereocenters. The van der Waals surface area contributed by atoms with Gasteiger partial charge in [-0.3, -0.25) is 0 Å². The predicted molar refractivity (Wildman–Crippen MR) is 38.3 cm³/mol. The van der Waals surface area contributed by atoms with E-state index in [4.69, 9.17) is 0 Å². The Morgan fingerprint density at radius 1 is 1.06 bits per heavy atom. The van der Waals surface area contributed by atoms with Crippen molar-refractivity contribution < 1.29 is 43.2 Å². The summed E-state index contributed by atoms with van der Waals surface area (Å²) >= 11 is 0. The van der Waals surface area contributed by atoms with Gasteiger partial charge >= 0.3 is 17.6 Å². The number of hydrogen-bond acceptors (Lipinski definition) is 4. The van der Waals surface area contributed by atoms with Crippen LogP contribution in [-0.4, -0.2) is 34.4 Å². The molecule has 0 fully saturated rings. The van der Waals surface area contributed by atoms with Crippen molar-refractivity contribution in [2.45, 2.75) is 17.6 Å². The largest absolute Gasteiger partial charge is 0.427 e. The molecule has 13 heteroatoms. The van der Waals surface area contributed by atoms with Crippen LogP contribution in [0, 0.1) is 0 Å². The van der Waals surface area contributed by atoms with Crippen LogP contribution in [0.1, 0.15) is 0 Å². The van der Waals surface area contributed by atoms with Crippen LogP contribution in [0.4, 0.5) is 26.3 Å². The molecule has 0 saturated heterocycles. The van der Waals surface area contributed by atoms with Crippen molar-refractivity contribution in [3.63, 3.8) is 0 Å². The minimum Gasteiger partial charge on any atom is -0.215 e. The van der Waals surface area contributed by atoms with E-state index < -0.39 is 38.5 Å². The topological polar surface area (TPSA) is 80.3 Å². The Morgan fingerprint density at radius 3 is 1.69 bits per heavy atom. The van der Waals surface area contributed by atoms with Crippen molar-refractivity contribution in [1.29, 1.82) is 0 Å². The quantitative estimate of drug-likeness (QED) is 0.549. The lowest BCUT2D eigenvalue weighted by Gasteiger charge is -2.24. The molecule has 1 N–H and O–H groups in total. The molecule has 16 heavy (non-hydrogen) atoms. The van der Waals surface area contributed by atoms with Gasteiger partial charge in [-0.15, -0.1) is 4.13 Å². The van der Waals surface area contributed by atoms with E-state index in [1.165, 1.54) is 0 Å². The van der Waals surface area contributed by atoms with Crippen LogP contribution in [0.5, 0.6) is 0 Å². The molecule has 0 spiro atoms. The Balaban J connectivity index is 5.53. The van der Waals surface area contributed by atoms with Gasteiger partial charge in [0.2, 0.25) is 10.9 Å². The van der Waals surface area contributed by atoms with Gasteiger partial charge in [-0.2, -0.15) is 17.6 Å². The molecule has 5 nitrogen and oxygen atoms in total. The maximum absolute atomic E-state index is 12.4. The van der Waals surface area contributed by atoms with Crippen LogP contribution in [0.15, 0.2) is 0 Å². The molecule has 98 valence electrons. The highest BCUT2D eigenvalue weighted by atomic mass is 32.3. The van der Waals surface area contributed by atoms with Crippen LogP contribution in [0.2, 0.25) is 0 Å². The first-order valence-corrected chi connectivity index (χ1v) is 5.72. The minimum atomic E-state index is -6.47. The van der Waals surface area contributed by atoms with E-state index >= 15 is 0 Å². The lowest BCUT2D eigenvalue weighted by molar-refractivity contribution is -0.225. The molecule has 0 aliphatic heterocycles. The molecule has 0 aromatic heterocycles. The summed E-state index contributed by atoms with van der Waals surface area (Å²) in [5, 5.41) is -6.26. The summed E-state index contributed by atoms with van der Waals surface area (Å²) in [6, 6.07) is 0. The molecule has 0 amide bonds. The summed E-state index contributed by atoms with van der Waals surface area (Å²) in [6.07, 6.45) is -4.98. The molecule has 0 atom stereocenters. The van der Waals surface area contributed by atoms with Gasteiger partial charge in [0, 0.05) is 0 Å². The smallest absolute Gasteiger partial charge is 0.215 e. The average Bonchev–Trinajstić information content (AvgIpc) is 2.00. The number of alkyl halides is 6. The van der Waals surface area contributed by atoms with Crippen molar-refractivity contribution in [3.05, 3.63) is 0 Å². The molecule has 0 saturated carbocycles. The van der Waals surface area contributed by atoms with Crippen LogP contribution >= 0.6 is 0 Å². The third-order valence-electron chi connectivity index (χ3n) is 1.19. The first kappa shape index (κ1) is 15.4. The fourth-order valence-electron chi connectivity index (χ4n) is 0.462. The maximum atomic E-state index is 12.4. The standard InChI is InChI=1S/C3H3F6NO4S2/c4-1(5)2(6,7)3(8,9)16(13,14)10-15(11)12/h1,15H,(H,10,11,12). The van der Waals surface area contributed by atoms with Crippen molar-refractivity contribution in [2.24, 2.45) is 0 Å². The fraction of sp³-hybridized carbons (Fsp3) is 1.00. The summed E-state index contributed by atoms with van der Waals surface area (Å²) in [7, 11) is -10.7. The zero-order chi connectivity index (χ0) is 13.4. The molecule has 0 radical (unpaired) electrons. The number of nitrogens with one attached hydrogen (secondary N) is 1. The lowest BCUT2D eigenvalue weighted by atomic mass is 10.4. The van der Waals surface area contributed by atoms with E-state index in [0.29, 0.717) is 0 Å². The lowest BCUT2D eigenvalue weighted by Crippen LogP contribution is -2.55. The predicted octanol–water partition coefficient (Wildman–Crippen LogP) is -0.0746. The highest BCUT2D eigenvalue weighted by molar-refractivity contribution is 7.98. The van der Waals surface area contributed by atoms with Crippen molar-refractivity contribution in [3.8, 4) is 0 Å². The maximum Gasteiger partial charge on any atom is 0.427 e. The first-order chi connectivity index (χ1) is 6.86. The molecule has 0 heterocycles. The van der Waals surface area contributed by atoms with Crippen molar-refractivity contribution >= 4 is 20.9 Å². The van der Waals surface area contributed by atoms with E-state index in [0.717, 1.165) is 0 Å². The summed E-state index contributed by atoms with van der Waals surface area (Å²) < 4.78 is 112. The molecule has 0 aliphatic carbocycles. The minimum absolute atomic E-state index is 0.0829. The molecule has 0 bridgehead atoms. The molecular weight excluding hydrogens is 292 g/mol. The van der Waals surface area contributed by atoms with Crippen LogP contribution in [0.25, 0.3) is 0 Å². The number of halogens is 6. The second kappa shape index (κ2) is 4.37. The van der Waals surface area contributed by atoms with E-state index in [1.54, 1.807) is 0 Å². The zero-order valence-electron chi connectivity index (χ0n) is 6.83. The van der Waals surface area contributed by atoms with Gasteiger partial charge in [0.25, 0.3) is 10.0 Å².